The number of nitrogens with zero attached hydrogens (tertiary/aromatic N) is 6. The molecule has 10 aromatic rings. The zero-order chi connectivity index (χ0) is 33.0. The summed E-state index contributed by atoms with van der Waals surface area (Å²) in [6, 6.07) is 65.2. The summed E-state index contributed by atoms with van der Waals surface area (Å²) in [4.78, 5) is 2.18. The smallest absolute Gasteiger partial charge is 0.309 e. The third-order valence-corrected chi connectivity index (χ3v) is 9.35. The molecule has 10 rings (SSSR count). The van der Waals surface area contributed by atoms with Gasteiger partial charge in [-0.2, -0.15) is 58.7 Å². The van der Waals surface area contributed by atoms with E-state index in [0.29, 0.717) is 0 Å². The topological polar surface area (TPSA) is 43.8 Å². The predicted molar refractivity (Wildman–Crippen MR) is 202 cm³/mol. The molecule has 51 heavy (non-hydrogen) atoms. The minimum atomic E-state index is 0. The van der Waals surface area contributed by atoms with Crippen LogP contribution in [0.1, 0.15) is 0 Å². The van der Waals surface area contributed by atoms with Crippen molar-refractivity contribution in [3.8, 4) is 17.1 Å². The first-order valence-corrected chi connectivity index (χ1v) is 16.6. The average Bonchev–Trinajstić information content (AvgIpc) is 3.87. The molecule has 0 saturated carbocycles. The number of aromatic nitrogens is 5. The van der Waals surface area contributed by atoms with Crippen LogP contribution in [0.4, 0.5) is 17.3 Å². The van der Waals surface area contributed by atoms with Gasteiger partial charge in [0.25, 0.3) is 0 Å². The Morgan fingerprint density at radius 2 is 0.824 bits per heavy atom. The summed E-state index contributed by atoms with van der Waals surface area (Å²) in [5.41, 5.74) is 8.06. The van der Waals surface area contributed by atoms with Crippen LogP contribution in [0.15, 0.2) is 170 Å². The van der Waals surface area contributed by atoms with Crippen LogP contribution in [0.25, 0.3) is 60.7 Å². The third-order valence-electron chi connectivity index (χ3n) is 9.35. The standard InChI is InChI=1S/C44H28N6.Pt/c1-3-15-33(16-4-1)49-41-25-13-9-21-37(41)43(45-49)48(44-38-22-10-14-26-42(38)50(46-44)34-17-5-2-6-18-34)32-29-27-31(28-30-32)47-39-23-11-7-19-35(39)36-20-8-12-24-40(36)47;/h1-15,17,19-30H;/q-2;+2. The average molecular weight is 836 g/mol. The van der Waals surface area contributed by atoms with E-state index in [9.17, 15) is 0 Å². The van der Waals surface area contributed by atoms with Crippen LogP contribution in [0.5, 0.6) is 0 Å². The van der Waals surface area contributed by atoms with Crippen molar-refractivity contribution in [2.24, 2.45) is 0 Å². The summed E-state index contributed by atoms with van der Waals surface area (Å²) in [7, 11) is 0. The second kappa shape index (κ2) is 12.6. The summed E-state index contributed by atoms with van der Waals surface area (Å²) in [5, 5.41) is 15.1. The molecule has 0 aliphatic heterocycles. The second-order valence-corrected chi connectivity index (χ2v) is 12.2. The number of anilines is 3. The number of rotatable bonds is 6. The van der Waals surface area contributed by atoms with E-state index in [4.69, 9.17) is 10.2 Å². The SMILES string of the molecule is [Pt+2].[c-]1ccccc1-n1nc(N(c2ccc(-n3c4ccccc4c4ccccc43)cc2)c2nn(-c3[c-]cccc3)c3ccccc23)c2ccccc21. The number of fused-ring (bicyclic) bond motifs is 5. The molecule has 0 aliphatic carbocycles. The summed E-state index contributed by atoms with van der Waals surface area (Å²) in [6.45, 7) is 0. The maximum atomic E-state index is 5.30. The van der Waals surface area contributed by atoms with Gasteiger partial charge in [0.05, 0.1) is 22.1 Å². The van der Waals surface area contributed by atoms with Crippen LogP contribution in [-0.2, 0) is 21.1 Å². The molecule has 3 heterocycles. The van der Waals surface area contributed by atoms with Crippen molar-refractivity contribution in [1.82, 2.24) is 24.1 Å². The van der Waals surface area contributed by atoms with Crippen LogP contribution in [0.3, 0.4) is 0 Å². The van der Waals surface area contributed by atoms with E-state index in [-0.39, 0.29) is 21.1 Å². The zero-order valence-electron chi connectivity index (χ0n) is 27.2. The summed E-state index contributed by atoms with van der Waals surface area (Å²) < 4.78 is 6.27. The molecule has 0 aliphatic rings. The summed E-state index contributed by atoms with van der Waals surface area (Å²) in [6.07, 6.45) is 0. The van der Waals surface area contributed by atoms with E-state index in [1.54, 1.807) is 0 Å². The Balaban J connectivity index is 0.00000348. The van der Waals surface area contributed by atoms with Crippen LogP contribution in [-0.4, -0.2) is 24.1 Å². The monoisotopic (exact) mass is 835 g/mol. The molecule has 6 nitrogen and oxygen atoms in total. The molecule has 7 aromatic carbocycles. The first-order valence-electron chi connectivity index (χ1n) is 16.6. The fourth-order valence-corrected chi connectivity index (χ4v) is 7.12. The van der Waals surface area contributed by atoms with Gasteiger partial charge in [0, 0.05) is 32.9 Å². The molecule has 244 valence electrons. The Labute approximate surface area is 308 Å². The van der Waals surface area contributed by atoms with Gasteiger partial charge in [-0.05, 0) is 72.0 Å². The molecule has 0 radical (unpaired) electrons. The molecular weight excluding hydrogens is 808 g/mol. The van der Waals surface area contributed by atoms with Gasteiger partial charge in [0.2, 0.25) is 0 Å². The van der Waals surface area contributed by atoms with Gasteiger partial charge in [-0.15, -0.1) is 12.1 Å². The quantitative estimate of drug-likeness (QED) is 0.157. The number of hydrogen-bond donors (Lipinski definition) is 0. The maximum Gasteiger partial charge on any atom is 2.00 e. The Bertz CT molecular complexity index is 2650. The first kappa shape index (κ1) is 30.8. The Morgan fingerprint density at radius 1 is 0.412 bits per heavy atom. The van der Waals surface area contributed by atoms with Gasteiger partial charge >= 0.3 is 21.1 Å². The van der Waals surface area contributed by atoms with Gasteiger partial charge in [0.15, 0.2) is 11.6 Å². The minimum Gasteiger partial charge on any atom is -0.309 e. The second-order valence-electron chi connectivity index (χ2n) is 12.2. The van der Waals surface area contributed by atoms with Gasteiger partial charge in [-0.25, -0.2) is 0 Å². The third kappa shape index (κ3) is 4.98. The summed E-state index contributed by atoms with van der Waals surface area (Å²) >= 11 is 0. The van der Waals surface area contributed by atoms with E-state index >= 15 is 0 Å². The van der Waals surface area contributed by atoms with Gasteiger partial charge in [-0.3, -0.25) is 14.3 Å². The van der Waals surface area contributed by atoms with Crippen LogP contribution in [0, 0.1) is 12.1 Å². The first-order chi connectivity index (χ1) is 24.8. The molecule has 0 atom stereocenters. The largest absolute Gasteiger partial charge is 2.00 e. The van der Waals surface area contributed by atoms with Gasteiger partial charge in [0.1, 0.15) is 0 Å². The van der Waals surface area contributed by atoms with Crippen LogP contribution < -0.4 is 4.90 Å². The van der Waals surface area contributed by atoms with Gasteiger partial charge < -0.3 is 4.57 Å². The van der Waals surface area contributed by atoms with Crippen molar-refractivity contribution >= 4 is 60.9 Å². The van der Waals surface area contributed by atoms with Crippen molar-refractivity contribution in [2.75, 3.05) is 4.90 Å². The van der Waals surface area contributed by atoms with Crippen LogP contribution >= 0.6 is 0 Å². The number of hydrogen-bond acceptors (Lipinski definition) is 3. The molecule has 0 bridgehead atoms. The molecule has 0 N–H and O–H groups in total. The molecule has 0 fully saturated rings. The number of benzene rings is 7. The van der Waals surface area contributed by atoms with E-state index in [2.05, 4.69) is 131 Å². The summed E-state index contributed by atoms with van der Waals surface area (Å²) in [5.74, 6) is 1.55. The normalized spacial score (nSPS) is 11.4. The van der Waals surface area contributed by atoms with Crippen molar-refractivity contribution in [1.29, 1.82) is 0 Å². The Kier molecular flexibility index (Phi) is 7.60. The molecule has 3 aromatic heterocycles. The van der Waals surface area contributed by atoms with E-state index < -0.39 is 0 Å². The maximum absolute atomic E-state index is 5.30. The predicted octanol–water partition coefficient (Wildman–Crippen LogP) is 10.5. The fourth-order valence-electron chi connectivity index (χ4n) is 7.12. The molecule has 0 amide bonds. The van der Waals surface area contributed by atoms with E-state index in [1.165, 1.54) is 21.8 Å². The van der Waals surface area contributed by atoms with Crippen LogP contribution in [0.2, 0.25) is 0 Å². The van der Waals surface area contributed by atoms with Gasteiger partial charge in [-0.1, -0.05) is 60.7 Å². The van der Waals surface area contributed by atoms with E-state index in [1.807, 2.05) is 70.0 Å². The molecule has 0 spiro atoms. The molecule has 7 heteroatoms. The van der Waals surface area contributed by atoms with E-state index in [0.717, 1.165) is 56.2 Å². The van der Waals surface area contributed by atoms with Crippen molar-refractivity contribution in [3.63, 3.8) is 0 Å². The molecule has 0 unspecified atom stereocenters. The zero-order valence-corrected chi connectivity index (χ0v) is 29.4. The Morgan fingerprint density at radius 3 is 1.27 bits per heavy atom. The van der Waals surface area contributed by atoms with Crippen molar-refractivity contribution in [2.45, 2.75) is 0 Å². The Hall–Kier alpha value is -6.23. The fraction of sp³-hybridized carbons (Fsp3) is 0. The molecule has 0 saturated heterocycles. The minimum absolute atomic E-state index is 0. The van der Waals surface area contributed by atoms with Crippen molar-refractivity contribution in [3.05, 3.63) is 182 Å². The number of para-hydroxylation sites is 6. The molecular formula is C44H28N6Pt. The van der Waals surface area contributed by atoms with Crippen molar-refractivity contribution < 1.29 is 21.1 Å².